The summed E-state index contributed by atoms with van der Waals surface area (Å²) in [4.78, 5) is 30.5. The number of hydroxylamine groups is 2. The molecular weight excluding hydrogens is 433 g/mol. The van der Waals surface area contributed by atoms with E-state index in [2.05, 4.69) is 5.32 Å². The standard InChI is InChI=1S/C25H27F3N2O3/c1-29-24(31)17-6-7-22(28)18(11-17)10-15-2-4-16(5-3-15)25(32)30-23(8-9-33-30)19-12-20(26)14-21(27)13-19/h6-7,11-16,23H,2-5,8-10H2,1H3,(H,29,31)/t15-,16-,23-/m0/s1. The Kier molecular flexibility index (Phi) is 7.02. The molecule has 0 aromatic heterocycles. The third-order valence-electron chi connectivity index (χ3n) is 6.63. The molecule has 1 saturated carbocycles. The molecule has 2 fully saturated rings. The Labute approximate surface area is 190 Å². The molecule has 4 rings (SSSR count). The van der Waals surface area contributed by atoms with Crippen LogP contribution in [0.4, 0.5) is 13.2 Å². The van der Waals surface area contributed by atoms with Gasteiger partial charge in [-0.3, -0.25) is 14.4 Å². The van der Waals surface area contributed by atoms with Gasteiger partial charge in [-0.15, -0.1) is 0 Å². The van der Waals surface area contributed by atoms with Crippen molar-refractivity contribution < 1.29 is 27.6 Å². The van der Waals surface area contributed by atoms with E-state index in [-0.39, 0.29) is 29.5 Å². The van der Waals surface area contributed by atoms with Gasteiger partial charge in [0, 0.05) is 31.0 Å². The minimum Gasteiger partial charge on any atom is -0.355 e. The molecule has 0 spiro atoms. The minimum absolute atomic E-state index is 0.173. The normalized spacial score (nSPS) is 22.9. The van der Waals surface area contributed by atoms with Crippen LogP contribution in [0.15, 0.2) is 36.4 Å². The fraction of sp³-hybridized carbons (Fsp3) is 0.440. The highest BCUT2D eigenvalue weighted by molar-refractivity contribution is 5.94. The number of nitrogens with one attached hydrogen (secondary N) is 1. The van der Waals surface area contributed by atoms with Crippen LogP contribution in [-0.4, -0.2) is 30.5 Å². The molecule has 33 heavy (non-hydrogen) atoms. The Bertz CT molecular complexity index is 1020. The first kappa shape index (κ1) is 23.3. The van der Waals surface area contributed by atoms with Crippen molar-refractivity contribution in [3.63, 3.8) is 0 Å². The molecule has 1 aliphatic carbocycles. The quantitative estimate of drug-likeness (QED) is 0.703. The van der Waals surface area contributed by atoms with E-state index in [0.717, 1.165) is 18.9 Å². The van der Waals surface area contributed by atoms with Crippen LogP contribution in [0.5, 0.6) is 0 Å². The number of amides is 2. The van der Waals surface area contributed by atoms with Crippen molar-refractivity contribution in [1.29, 1.82) is 0 Å². The number of rotatable bonds is 5. The lowest BCUT2D eigenvalue weighted by Gasteiger charge is -2.32. The fourth-order valence-corrected chi connectivity index (χ4v) is 4.88. The van der Waals surface area contributed by atoms with Crippen LogP contribution in [0, 0.1) is 29.3 Å². The SMILES string of the molecule is CNC(=O)c1ccc(F)c(C[C@H]2CC[C@H](C(=O)N3OCC[C@H]3c3cc(F)cc(F)c3)CC2)c1. The van der Waals surface area contributed by atoms with Gasteiger partial charge in [0.25, 0.3) is 5.91 Å². The Morgan fingerprint density at radius 2 is 1.70 bits per heavy atom. The van der Waals surface area contributed by atoms with Crippen LogP contribution >= 0.6 is 0 Å². The first-order chi connectivity index (χ1) is 15.9. The van der Waals surface area contributed by atoms with Gasteiger partial charge in [0.1, 0.15) is 17.5 Å². The molecule has 1 saturated heterocycles. The van der Waals surface area contributed by atoms with Crippen LogP contribution in [0.3, 0.4) is 0 Å². The molecular formula is C25H27F3N2O3. The first-order valence-corrected chi connectivity index (χ1v) is 11.3. The summed E-state index contributed by atoms with van der Waals surface area (Å²) in [5, 5.41) is 3.82. The van der Waals surface area contributed by atoms with Gasteiger partial charge in [-0.05, 0) is 79.5 Å². The van der Waals surface area contributed by atoms with Crippen molar-refractivity contribution in [2.24, 2.45) is 11.8 Å². The molecule has 2 aliphatic rings. The highest BCUT2D eigenvalue weighted by Crippen LogP contribution is 2.37. The molecule has 1 N–H and O–H groups in total. The average Bonchev–Trinajstić information content (AvgIpc) is 3.29. The summed E-state index contributed by atoms with van der Waals surface area (Å²) in [5.41, 5.74) is 1.31. The van der Waals surface area contributed by atoms with E-state index in [1.165, 1.54) is 36.4 Å². The van der Waals surface area contributed by atoms with Gasteiger partial charge in [0.2, 0.25) is 5.91 Å². The Balaban J connectivity index is 1.38. The van der Waals surface area contributed by atoms with Gasteiger partial charge in [-0.2, -0.15) is 0 Å². The monoisotopic (exact) mass is 460 g/mol. The minimum atomic E-state index is -0.683. The summed E-state index contributed by atoms with van der Waals surface area (Å²) in [6.45, 7) is 0.310. The number of carbonyl (C=O) groups excluding carboxylic acids is 2. The van der Waals surface area contributed by atoms with Crippen LogP contribution in [0.2, 0.25) is 0 Å². The van der Waals surface area contributed by atoms with Gasteiger partial charge in [-0.1, -0.05) is 0 Å². The molecule has 0 bridgehead atoms. The molecule has 1 atom stereocenters. The van der Waals surface area contributed by atoms with Crippen molar-refractivity contribution in [3.8, 4) is 0 Å². The molecule has 8 heteroatoms. The topological polar surface area (TPSA) is 58.6 Å². The molecule has 1 aliphatic heterocycles. The number of hydrogen-bond acceptors (Lipinski definition) is 3. The van der Waals surface area contributed by atoms with Crippen LogP contribution in [0.1, 0.15) is 59.6 Å². The lowest BCUT2D eigenvalue weighted by atomic mass is 9.78. The first-order valence-electron chi connectivity index (χ1n) is 11.3. The van der Waals surface area contributed by atoms with Crippen molar-refractivity contribution in [2.75, 3.05) is 13.7 Å². The van der Waals surface area contributed by atoms with Crippen molar-refractivity contribution >= 4 is 11.8 Å². The van der Waals surface area contributed by atoms with Gasteiger partial charge in [0.05, 0.1) is 12.6 Å². The highest BCUT2D eigenvalue weighted by Gasteiger charge is 2.37. The summed E-state index contributed by atoms with van der Waals surface area (Å²) in [6.07, 6.45) is 3.73. The summed E-state index contributed by atoms with van der Waals surface area (Å²) in [5.74, 6) is -2.18. The molecule has 2 aromatic rings. The smallest absolute Gasteiger partial charge is 0.251 e. The lowest BCUT2D eigenvalue weighted by Crippen LogP contribution is -2.36. The highest BCUT2D eigenvalue weighted by atomic mass is 19.1. The second kappa shape index (κ2) is 9.95. The van der Waals surface area contributed by atoms with Crippen LogP contribution < -0.4 is 5.32 Å². The number of hydrogen-bond donors (Lipinski definition) is 1. The Morgan fingerprint density at radius 1 is 1.00 bits per heavy atom. The maximum absolute atomic E-state index is 14.3. The van der Waals surface area contributed by atoms with Crippen molar-refractivity contribution in [2.45, 2.75) is 44.6 Å². The maximum atomic E-state index is 14.3. The van der Waals surface area contributed by atoms with Gasteiger partial charge in [0.15, 0.2) is 0 Å². The molecule has 1 heterocycles. The Morgan fingerprint density at radius 3 is 2.36 bits per heavy atom. The number of halogens is 3. The fourth-order valence-electron chi connectivity index (χ4n) is 4.88. The summed E-state index contributed by atoms with van der Waals surface area (Å²) in [7, 11) is 1.53. The zero-order valence-electron chi connectivity index (χ0n) is 18.5. The molecule has 176 valence electrons. The summed E-state index contributed by atoms with van der Waals surface area (Å²) in [6, 6.07) is 7.13. The number of carbonyl (C=O) groups is 2. The van der Waals surface area contributed by atoms with Gasteiger partial charge < -0.3 is 5.32 Å². The number of benzene rings is 2. The largest absolute Gasteiger partial charge is 0.355 e. The van der Waals surface area contributed by atoms with Gasteiger partial charge >= 0.3 is 0 Å². The molecule has 0 unspecified atom stereocenters. The second-order valence-electron chi connectivity index (χ2n) is 8.81. The van der Waals surface area contributed by atoms with E-state index < -0.39 is 17.7 Å². The summed E-state index contributed by atoms with van der Waals surface area (Å²) < 4.78 is 41.6. The second-order valence-corrected chi connectivity index (χ2v) is 8.81. The van der Waals surface area contributed by atoms with E-state index in [0.29, 0.717) is 49.0 Å². The molecule has 2 aromatic carbocycles. The van der Waals surface area contributed by atoms with Crippen LogP contribution in [-0.2, 0) is 16.1 Å². The van der Waals surface area contributed by atoms with E-state index in [1.54, 1.807) is 6.07 Å². The number of nitrogens with zero attached hydrogens (tertiary/aromatic N) is 1. The van der Waals surface area contributed by atoms with Crippen molar-refractivity contribution in [1.82, 2.24) is 10.4 Å². The van der Waals surface area contributed by atoms with E-state index in [9.17, 15) is 22.8 Å². The van der Waals surface area contributed by atoms with Crippen molar-refractivity contribution in [3.05, 3.63) is 70.5 Å². The van der Waals surface area contributed by atoms with E-state index in [1.807, 2.05) is 0 Å². The maximum Gasteiger partial charge on any atom is 0.251 e. The average molecular weight is 460 g/mol. The van der Waals surface area contributed by atoms with E-state index >= 15 is 0 Å². The lowest BCUT2D eigenvalue weighted by molar-refractivity contribution is -0.183. The predicted molar refractivity (Wildman–Crippen MR) is 115 cm³/mol. The summed E-state index contributed by atoms with van der Waals surface area (Å²) >= 11 is 0. The van der Waals surface area contributed by atoms with Gasteiger partial charge in [-0.25, -0.2) is 18.2 Å². The zero-order chi connectivity index (χ0) is 23.5. The molecule has 2 amide bonds. The van der Waals surface area contributed by atoms with E-state index in [4.69, 9.17) is 4.84 Å². The third-order valence-corrected chi connectivity index (χ3v) is 6.63. The molecule has 5 nitrogen and oxygen atoms in total. The predicted octanol–water partition coefficient (Wildman–Crippen LogP) is 4.72. The third kappa shape index (κ3) is 5.21. The van der Waals surface area contributed by atoms with Crippen LogP contribution in [0.25, 0.3) is 0 Å². The zero-order valence-corrected chi connectivity index (χ0v) is 18.5. The molecule has 0 radical (unpaired) electrons. The Hall–Kier alpha value is -2.87.